The Labute approximate surface area is 110 Å². The molecule has 5 nitrogen and oxygen atoms in total. The van der Waals surface area contributed by atoms with Gasteiger partial charge in [0.25, 0.3) is 0 Å². The number of ether oxygens (including phenoxy) is 2. The zero-order valence-electron chi connectivity index (χ0n) is 9.66. The molecule has 0 fully saturated rings. The first-order valence-electron chi connectivity index (χ1n) is 5.14. The molecule has 0 atom stereocenters. The van der Waals surface area contributed by atoms with Crippen LogP contribution in [0.4, 0.5) is 0 Å². The van der Waals surface area contributed by atoms with Crippen LogP contribution in [0.15, 0.2) is 36.5 Å². The molecule has 0 aliphatic rings. The second-order valence-electron chi connectivity index (χ2n) is 3.37. The van der Waals surface area contributed by atoms with Crippen LogP contribution in [0.25, 0.3) is 0 Å². The molecular weight excluding hydrogens is 250 g/mol. The van der Waals surface area contributed by atoms with Crippen LogP contribution in [0, 0.1) is 0 Å². The van der Waals surface area contributed by atoms with Crippen LogP contribution >= 0.6 is 12.2 Å². The number of nitrogens with zero attached hydrogens (tertiary/aromatic N) is 2. The van der Waals surface area contributed by atoms with Crippen LogP contribution < -0.4 is 15.2 Å². The maximum atomic E-state index is 5.63. The van der Waals surface area contributed by atoms with Gasteiger partial charge in [-0.05, 0) is 18.2 Å². The molecule has 0 spiro atoms. The van der Waals surface area contributed by atoms with Gasteiger partial charge in [0.1, 0.15) is 4.99 Å². The van der Waals surface area contributed by atoms with Gasteiger partial charge in [-0.2, -0.15) is 5.10 Å². The van der Waals surface area contributed by atoms with Crippen LogP contribution in [0.2, 0.25) is 0 Å². The van der Waals surface area contributed by atoms with E-state index in [2.05, 4.69) is 10.2 Å². The zero-order valence-corrected chi connectivity index (χ0v) is 10.5. The highest BCUT2D eigenvalue weighted by atomic mass is 32.1. The second kappa shape index (κ2) is 5.42. The first kappa shape index (κ1) is 12.3. The second-order valence-corrected chi connectivity index (χ2v) is 3.81. The number of methoxy groups -OCH3 is 1. The van der Waals surface area contributed by atoms with Crippen molar-refractivity contribution < 1.29 is 9.47 Å². The van der Waals surface area contributed by atoms with Gasteiger partial charge in [0, 0.05) is 0 Å². The fraction of sp³-hybridized carbons (Fsp3) is 0.0833. The van der Waals surface area contributed by atoms with Crippen LogP contribution in [0.5, 0.6) is 17.4 Å². The summed E-state index contributed by atoms with van der Waals surface area (Å²) in [6.45, 7) is 0. The normalized spacial score (nSPS) is 9.83. The summed E-state index contributed by atoms with van der Waals surface area (Å²) in [6, 6.07) is 8.87. The maximum Gasteiger partial charge on any atom is 0.249 e. The molecule has 0 amide bonds. The van der Waals surface area contributed by atoms with E-state index in [1.54, 1.807) is 25.3 Å². The quantitative estimate of drug-likeness (QED) is 0.848. The van der Waals surface area contributed by atoms with Crippen molar-refractivity contribution >= 4 is 17.2 Å². The van der Waals surface area contributed by atoms with Gasteiger partial charge in [0.05, 0.1) is 18.9 Å². The minimum atomic E-state index is 0.204. The van der Waals surface area contributed by atoms with Crippen molar-refractivity contribution in [2.24, 2.45) is 5.73 Å². The summed E-state index contributed by atoms with van der Waals surface area (Å²) >= 11 is 4.93. The lowest BCUT2D eigenvalue weighted by Gasteiger charge is -2.10. The lowest BCUT2D eigenvalue weighted by molar-refractivity contribution is 0.372. The largest absolute Gasteiger partial charge is 0.493 e. The van der Waals surface area contributed by atoms with Gasteiger partial charge >= 0.3 is 0 Å². The Morgan fingerprint density at radius 1 is 1.22 bits per heavy atom. The monoisotopic (exact) mass is 261 g/mol. The SMILES string of the molecule is COc1ccccc1Oc1nnccc1C(N)=S. The molecule has 2 rings (SSSR count). The standard InChI is InChI=1S/C12H11N3O2S/c1-16-9-4-2-3-5-10(9)17-12-8(11(13)18)6-7-14-15-12/h2-7H,1H3,(H2,13,18). The number of hydrogen-bond donors (Lipinski definition) is 1. The first-order chi connectivity index (χ1) is 8.72. The van der Waals surface area contributed by atoms with E-state index in [1.165, 1.54) is 6.20 Å². The number of rotatable bonds is 4. The molecule has 0 unspecified atom stereocenters. The van der Waals surface area contributed by atoms with Gasteiger partial charge in [-0.15, -0.1) is 5.10 Å². The van der Waals surface area contributed by atoms with Gasteiger partial charge in [-0.25, -0.2) is 0 Å². The number of nitrogens with two attached hydrogens (primary N) is 1. The molecule has 6 heteroatoms. The van der Waals surface area contributed by atoms with E-state index in [1.807, 2.05) is 12.1 Å². The molecule has 0 aliphatic heterocycles. The molecule has 2 N–H and O–H groups in total. The Morgan fingerprint density at radius 3 is 2.61 bits per heavy atom. The van der Waals surface area contributed by atoms with Crippen LogP contribution in [0.3, 0.4) is 0 Å². The van der Waals surface area contributed by atoms with Gasteiger partial charge in [0.15, 0.2) is 11.5 Å². The van der Waals surface area contributed by atoms with E-state index in [0.717, 1.165) is 0 Å². The number of para-hydroxylation sites is 2. The van der Waals surface area contributed by atoms with E-state index < -0.39 is 0 Å². The molecule has 1 aromatic heterocycles. The summed E-state index contributed by atoms with van der Waals surface area (Å²) in [4.78, 5) is 0.204. The molecular formula is C12H11N3O2S. The molecule has 0 saturated heterocycles. The third kappa shape index (κ3) is 2.54. The third-order valence-electron chi connectivity index (χ3n) is 2.23. The summed E-state index contributed by atoms with van der Waals surface area (Å²) in [6.07, 6.45) is 1.50. The van der Waals surface area contributed by atoms with Gasteiger partial charge in [-0.1, -0.05) is 24.4 Å². The van der Waals surface area contributed by atoms with Crippen molar-refractivity contribution in [3.63, 3.8) is 0 Å². The average Bonchev–Trinajstić information content (AvgIpc) is 2.40. The highest BCUT2D eigenvalue weighted by Gasteiger charge is 2.11. The van der Waals surface area contributed by atoms with Crippen LogP contribution in [0.1, 0.15) is 5.56 Å². The lowest BCUT2D eigenvalue weighted by Crippen LogP contribution is -2.12. The summed E-state index contributed by atoms with van der Waals surface area (Å²) in [5.41, 5.74) is 6.12. The van der Waals surface area contributed by atoms with E-state index in [0.29, 0.717) is 17.1 Å². The highest BCUT2D eigenvalue weighted by molar-refractivity contribution is 7.80. The molecule has 1 aromatic carbocycles. The van der Waals surface area contributed by atoms with Gasteiger partial charge in [-0.3, -0.25) is 0 Å². The number of hydrogen-bond acceptors (Lipinski definition) is 5. The fourth-order valence-electron chi connectivity index (χ4n) is 1.39. The van der Waals surface area contributed by atoms with Crippen LogP contribution in [-0.2, 0) is 0 Å². The van der Waals surface area contributed by atoms with E-state index in [4.69, 9.17) is 27.4 Å². The minimum absolute atomic E-state index is 0.204. The van der Waals surface area contributed by atoms with Gasteiger partial charge < -0.3 is 15.2 Å². The van der Waals surface area contributed by atoms with E-state index in [-0.39, 0.29) is 10.9 Å². The van der Waals surface area contributed by atoms with Crippen molar-refractivity contribution in [2.45, 2.75) is 0 Å². The van der Waals surface area contributed by atoms with Crippen LogP contribution in [-0.4, -0.2) is 22.3 Å². The Hall–Kier alpha value is -2.21. The summed E-state index contributed by atoms with van der Waals surface area (Å²) < 4.78 is 10.8. The fourth-order valence-corrected chi connectivity index (χ4v) is 1.54. The smallest absolute Gasteiger partial charge is 0.249 e. The summed E-state index contributed by atoms with van der Waals surface area (Å²) in [7, 11) is 1.56. The Morgan fingerprint density at radius 2 is 1.94 bits per heavy atom. The molecule has 0 saturated carbocycles. The molecule has 0 aliphatic carbocycles. The third-order valence-corrected chi connectivity index (χ3v) is 2.45. The molecule has 2 aromatic rings. The van der Waals surface area contributed by atoms with Crippen molar-refractivity contribution in [1.82, 2.24) is 10.2 Å². The van der Waals surface area contributed by atoms with E-state index >= 15 is 0 Å². The topological polar surface area (TPSA) is 70.3 Å². The average molecular weight is 261 g/mol. The van der Waals surface area contributed by atoms with E-state index in [9.17, 15) is 0 Å². The Balaban J connectivity index is 2.37. The van der Waals surface area contributed by atoms with Crippen molar-refractivity contribution in [2.75, 3.05) is 7.11 Å². The molecule has 0 bridgehead atoms. The number of thiocarbonyl (C=S) groups is 1. The summed E-state index contributed by atoms with van der Waals surface area (Å²) in [5.74, 6) is 1.38. The first-order valence-corrected chi connectivity index (χ1v) is 5.55. The molecule has 18 heavy (non-hydrogen) atoms. The predicted octanol–water partition coefficient (Wildman–Crippen LogP) is 1.91. The predicted molar refractivity (Wildman–Crippen MR) is 71.0 cm³/mol. The van der Waals surface area contributed by atoms with Crippen molar-refractivity contribution in [3.05, 3.63) is 42.1 Å². The Kier molecular flexibility index (Phi) is 3.69. The zero-order chi connectivity index (χ0) is 13.0. The highest BCUT2D eigenvalue weighted by Crippen LogP contribution is 2.30. The summed E-state index contributed by atoms with van der Waals surface area (Å²) in [5, 5.41) is 7.62. The molecule has 0 radical (unpaired) electrons. The molecule has 1 heterocycles. The van der Waals surface area contributed by atoms with Crippen molar-refractivity contribution in [3.8, 4) is 17.4 Å². The van der Waals surface area contributed by atoms with Gasteiger partial charge in [0.2, 0.25) is 5.88 Å². The lowest BCUT2D eigenvalue weighted by atomic mass is 10.3. The minimum Gasteiger partial charge on any atom is -0.493 e. The maximum absolute atomic E-state index is 5.63. The molecule has 92 valence electrons. The Bertz CT molecular complexity index is 575. The number of aromatic nitrogens is 2. The number of benzene rings is 1. The van der Waals surface area contributed by atoms with Crippen molar-refractivity contribution in [1.29, 1.82) is 0 Å².